The fraction of sp³-hybridized carbons (Fsp3) is 0.423. The maximum absolute atomic E-state index is 13.9. The van der Waals surface area contributed by atoms with E-state index >= 15 is 0 Å². The highest BCUT2D eigenvalue weighted by atomic mass is 19.1. The Balaban J connectivity index is 0.000000392. The number of anilines is 2. The summed E-state index contributed by atoms with van der Waals surface area (Å²) in [5.74, 6) is -1.52. The summed E-state index contributed by atoms with van der Waals surface area (Å²) in [5.41, 5.74) is 4.70. The highest BCUT2D eigenvalue weighted by molar-refractivity contribution is 6.07. The number of methoxy groups -OCH3 is 1. The molecule has 0 unspecified atom stereocenters. The van der Waals surface area contributed by atoms with Crippen LogP contribution in [0.5, 0.6) is 0 Å². The lowest BCUT2D eigenvalue weighted by atomic mass is 10.0. The molecule has 0 spiro atoms. The summed E-state index contributed by atoms with van der Waals surface area (Å²) in [6.07, 6.45) is 0.381. The number of rotatable bonds is 6. The van der Waals surface area contributed by atoms with Crippen LogP contribution in [0.3, 0.4) is 0 Å². The van der Waals surface area contributed by atoms with Gasteiger partial charge in [0.15, 0.2) is 0 Å². The van der Waals surface area contributed by atoms with Crippen LogP contribution in [0.15, 0.2) is 41.4 Å². The van der Waals surface area contributed by atoms with Crippen LogP contribution in [0.1, 0.15) is 30.4 Å². The molecule has 2 aliphatic heterocycles. The van der Waals surface area contributed by atoms with Gasteiger partial charge in [0, 0.05) is 56.7 Å². The first kappa shape index (κ1) is 27.1. The van der Waals surface area contributed by atoms with E-state index in [-0.39, 0.29) is 18.7 Å². The Bertz CT molecular complexity index is 1110. The van der Waals surface area contributed by atoms with Crippen LogP contribution in [-0.2, 0) is 14.3 Å². The summed E-state index contributed by atoms with van der Waals surface area (Å²) < 4.78 is 19.2. The number of carboxylic acids is 2. The number of aryl methyl sites for hydroxylation is 1. The largest absolute Gasteiger partial charge is 0.481 e. The second-order valence-corrected chi connectivity index (χ2v) is 8.92. The number of likely N-dealkylation sites (N-methyl/N-ethyl adjacent to an activating group) is 1. The Morgan fingerprint density at radius 2 is 1.81 bits per heavy atom. The van der Waals surface area contributed by atoms with E-state index in [0.29, 0.717) is 11.7 Å². The van der Waals surface area contributed by atoms with Crippen LogP contribution in [0.2, 0.25) is 0 Å². The van der Waals surface area contributed by atoms with Gasteiger partial charge in [-0.05, 0) is 44.7 Å². The van der Waals surface area contributed by atoms with Crippen molar-refractivity contribution in [3.63, 3.8) is 0 Å². The molecular formula is C26H33FN4O5. The summed E-state index contributed by atoms with van der Waals surface area (Å²) >= 11 is 0. The normalized spacial score (nSPS) is 16.9. The number of nitrogens with zero attached hydrogens (tertiary/aromatic N) is 3. The molecule has 2 aromatic carbocycles. The molecule has 0 aliphatic carbocycles. The van der Waals surface area contributed by atoms with Gasteiger partial charge in [-0.25, -0.2) is 9.38 Å². The van der Waals surface area contributed by atoms with Crippen LogP contribution in [-0.4, -0.2) is 84.2 Å². The Labute approximate surface area is 210 Å². The molecule has 2 aliphatic rings. The molecule has 0 aromatic heterocycles. The van der Waals surface area contributed by atoms with Crippen LogP contribution >= 0.6 is 0 Å². The minimum absolute atomic E-state index is 0.276. The Morgan fingerprint density at radius 3 is 2.47 bits per heavy atom. The minimum Gasteiger partial charge on any atom is -0.481 e. The number of carboxylic acid groups (broad SMARTS) is 2. The van der Waals surface area contributed by atoms with Crippen LogP contribution in [0.4, 0.5) is 21.5 Å². The Kier molecular flexibility index (Phi) is 9.38. The number of ether oxygens (including phenoxy) is 1. The standard InChI is InChI=1S/C22H27FN4O.C4H6O4/c1-15-4-6-19-18(12-15)22(25-21-13-16(23)5-7-20(21)24-19)27-10-9-26(2)17(14-27)8-11-28-3;5-3(6)1-2-4(7)8/h4-7,12-13,17,24H,8-11,14H2,1-3H3;1-2H2,(H,5,6)(H,7,8)/t17-;/m0./s1. The number of carbonyl (C=O) groups is 2. The van der Waals surface area contributed by atoms with Crippen molar-refractivity contribution in [1.82, 2.24) is 9.80 Å². The zero-order valence-corrected chi connectivity index (χ0v) is 20.8. The third kappa shape index (κ3) is 7.25. The maximum atomic E-state index is 13.9. The SMILES string of the molecule is COCC[C@H]1CN(C2=Nc3cc(F)ccc3Nc3ccc(C)cc32)CCN1C.O=C(O)CCC(=O)O. The van der Waals surface area contributed by atoms with E-state index in [4.69, 9.17) is 19.9 Å². The van der Waals surface area contributed by atoms with Crippen molar-refractivity contribution in [2.45, 2.75) is 32.2 Å². The van der Waals surface area contributed by atoms with Gasteiger partial charge in [-0.15, -0.1) is 0 Å². The van der Waals surface area contributed by atoms with Crippen molar-refractivity contribution in [3.8, 4) is 0 Å². The van der Waals surface area contributed by atoms with Gasteiger partial charge in [0.2, 0.25) is 0 Å². The van der Waals surface area contributed by atoms with E-state index in [1.54, 1.807) is 13.2 Å². The number of benzene rings is 2. The summed E-state index contributed by atoms with van der Waals surface area (Å²) in [6, 6.07) is 11.4. The molecule has 1 atom stereocenters. The number of amidine groups is 1. The van der Waals surface area contributed by atoms with Gasteiger partial charge in [0.25, 0.3) is 0 Å². The van der Waals surface area contributed by atoms with Gasteiger partial charge in [0.05, 0.1) is 24.2 Å². The van der Waals surface area contributed by atoms with E-state index in [2.05, 4.69) is 47.3 Å². The van der Waals surface area contributed by atoms with Crippen molar-refractivity contribution in [1.29, 1.82) is 0 Å². The molecule has 4 rings (SSSR count). The zero-order chi connectivity index (χ0) is 26.2. The molecule has 2 heterocycles. The van der Waals surface area contributed by atoms with Crippen molar-refractivity contribution in [2.75, 3.05) is 45.7 Å². The van der Waals surface area contributed by atoms with Crippen molar-refractivity contribution in [3.05, 3.63) is 53.3 Å². The molecule has 0 bridgehead atoms. The number of fused-ring (bicyclic) bond motifs is 2. The molecule has 1 fully saturated rings. The number of halogens is 1. The number of hydrogen-bond donors (Lipinski definition) is 3. The topological polar surface area (TPSA) is 115 Å². The van der Waals surface area contributed by atoms with Gasteiger partial charge in [-0.1, -0.05) is 11.6 Å². The minimum atomic E-state index is -1.08. The van der Waals surface area contributed by atoms with Gasteiger partial charge < -0.3 is 25.2 Å². The molecule has 3 N–H and O–H groups in total. The zero-order valence-electron chi connectivity index (χ0n) is 20.8. The lowest BCUT2D eigenvalue weighted by Gasteiger charge is -2.41. The Morgan fingerprint density at radius 1 is 1.11 bits per heavy atom. The summed E-state index contributed by atoms with van der Waals surface area (Å²) in [5, 5.41) is 19.2. The molecule has 1 saturated heterocycles. The smallest absolute Gasteiger partial charge is 0.303 e. The molecule has 0 saturated carbocycles. The van der Waals surface area contributed by atoms with Gasteiger partial charge in [-0.2, -0.15) is 0 Å². The number of piperazine rings is 1. The third-order valence-corrected chi connectivity index (χ3v) is 6.16. The quantitative estimate of drug-likeness (QED) is 0.548. The molecule has 36 heavy (non-hydrogen) atoms. The average Bonchev–Trinajstić information content (AvgIpc) is 2.99. The monoisotopic (exact) mass is 500 g/mol. The lowest BCUT2D eigenvalue weighted by Crippen LogP contribution is -2.53. The van der Waals surface area contributed by atoms with Crippen molar-refractivity contribution in [2.24, 2.45) is 4.99 Å². The van der Waals surface area contributed by atoms with Crippen LogP contribution in [0, 0.1) is 12.7 Å². The molecule has 10 heteroatoms. The highest BCUT2D eigenvalue weighted by Crippen LogP contribution is 2.36. The predicted octanol–water partition coefficient (Wildman–Crippen LogP) is 3.86. The molecule has 0 radical (unpaired) electrons. The summed E-state index contributed by atoms with van der Waals surface area (Å²) in [6.45, 7) is 5.53. The lowest BCUT2D eigenvalue weighted by molar-refractivity contribution is -0.143. The Hall–Kier alpha value is -3.50. The number of hydrogen-bond acceptors (Lipinski definition) is 7. The number of nitrogens with one attached hydrogen (secondary N) is 1. The second kappa shape index (κ2) is 12.5. The van der Waals surface area contributed by atoms with E-state index in [1.807, 2.05) is 0 Å². The first-order valence-electron chi connectivity index (χ1n) is 11.8. The van der Waals surface area contributed by atoms with Crippen molar-refractivity contribution < 1.29 is 28.9 Å². The predicted molar refractivity (Wildman–Crippen MR) is 136 cm³/mol. The van der Waals surface area contributed by atoms with Crippen LogP contribution < -0.4 is 5.32 Å². The molecular weight excluding hydrogens is 467 g/mol. The fourth-order valence-corrected chi connectivity index (χ4v) is 4.13. The van der Waals surface area contributed by atoms with E-state index < -0.39 is 11.9 Å². The average molecular weight is 501 g/mol. The summed E-state index contributed by atoms with van der Waals surface area (Å²) in [7, 11) is 3.91. The number of aliphatic imine (C=N–C) groups is 1. The van der Waals surface area contributed by atoms with Gasteiger partial charge >= 0.3 is 11.9 Å². The van der Waals surface area contributed by atoms with Crippen molar-refractivity contribution >= 4 is 34.8 Å². The first-order chi connectivity index (χ1) is 17.2. The third-order valence-electron chi connectivity index (χ3n) is 6.16. The van der Waals surface area contributed by atoms with E-state index in [9.17, 15) is 14.0 Å². The summed E-state index contributed by atoms with van der Waals surface area (Å²) in [4.78, 5) is 28.9. The van der Waals surface area contributed by atoms with Gasteiger partial charge in [0.1, 0.15) is 11.7 Å². The molecule has 2 aromatic rings. The van der Waals surface area contributed by atoms with Crippen LogP contribution in [0.25, 0.3) is 0 Å². The number of aliphatic carboxylic acids is 2. The highest BCUT2D eigenvalue weighted by Gasteiger charge is 2.29. The van der Waals surface area contributed by atoms with E-state index in [1.165, 1.54) is 17.7 Å². The molecule has 9 nitrogen and oxygen atoms in total. The first-order valence-corrected chi connectivity index (χ1v) is 11.8. The second-order valence-electron chi connectivity index (χ2n) is 8.92. The van der Waals surface area contributed by atoms with E-state index in [0.717, 1.165) is 55.4 Å². The molecule has 194 valence electrons. The van der Waals surface area contributed by atoms with Gasteiger partial charge in [-0.3, -0.25) is 14.5 Å². The fourth-order valence-electron chi connectivity index (χ4n) is 4.13. The maximum Gasteiger partial charge on any atom is 0.303 e. The molecule has 0 amide bonds.